The Balaban J connectivity index is 3.41. The summed E-state index contributed by atoms with van der Waals surface area (Å²) in [7, 11) is 0. The molecule has 0 N–H and O–H groups in total. The van der Waals surface area contributed by atoms with Gasteiger partial charge in [-0.1, -0.05) is 98.9 Å². The third kappa shape index (κ3) is 8.23. The van der Waals surface area contributed by atoms with E-state index in [0.29, 0.717) is 0 Å². The molecule has 0 radical (unpaired) electrons. The van der Waals surface area contributed by atoms with E-state index >= 15 is 0 Å². The van der Waals surface area contributed by atoms with Gasteiger partial charge in [-0.3, -0.25) is 0 Å². The van der Waals surface area contributed by atoms with Crippen LogP contribution in [0.4, 0.5) is 0 Å². The molecular weight excluding hydrogens is 496 g/mol. The van der Waals surface area contributed by atoms with Crippen LogP contribution in [0.15, 0.2) is 0 Å². The summed E-state index contributed by atoms with van der Waals surface area (Å²) in [6.07, 6.45) is 6.27. The Morgan fingerprint density at radius 3 is 1.92 bits per heavy atom. The normalized spacial score (nSPS) is 12.5. The first kappa shape index (κ1) is 15.4. The maximum atomic E-state index is 3.63. The lowest BCUT2D eigenvalue weighted by molar-refractivity contribution is 0.626. The number of halogens is 5. The van der Waals surface area contributed by atoms with Gasteiger partial charge in [0, 0.05) is 5.33 Å². The number of unbranched alkanes of at least 4 members (excludes halogenated alkanes) is 3. The Morgan fingerprint density at radius 1 is 0.923 bits per heavy atom. The molecule has 13 heavy (non-hydrogen) atoms. The van der Waals surface area contributed by atoms with Crippen molar-refractivity contribution in [3.63, 3.8) is 0 Å². The molecule has 0 saturated carbocycles. The summed E-state index contributed by atoms with van der Waals surface area (Å²) < 4.78 is 0.262. The zero-order chi connectivity index (χ0) is 10.3. The fraction of sp³-hybridized carbons (Fsp3) is 1.00. The van der Waals surface area contributed by atoms with Crippen LogP contribution in [0.1, 0.15) is 32.1 Å². The van der Waals surface area contributed by atoms with Crippen LogP contribution in [-0.4, -0.2) is 12.3 Å². The van der Waals surface area contributed by atoms with Gasteiger partial charge in [0.25, 0.3) is 0 Å². The molecular formula is C8H13Br5. The van der Waals surface area contributed by atoms with E-state index in [-0.39, 0.29) is 6.97 Å². The SMILES string of the molecule is BrCCCCCCC(Br)(Br)C(Br)Br. The molecule has 0 atom stereocenters. The lowest BCUT2D eigenvalue weighted by Crippen LogP contribution is -2.19. The van der Waals surface area contributed by atoms with Crippen molar-refractivity contribution < 1.29 is 0 Å². The molecule has 0 heterocycles. The first-order valence-electron chi connectivity index (χ1n) is 4.22. The molecule has 0 aromatic rings. The summed E-state index contributed by atoms with van der Waals surface area (Å²) >= 11 is 17.7. The predicted molar refractivity (Wildman–Crippen MR) is 79.1 cm³/mol. The Bertz CT molecular complexity index is 124. The van der Waals surface area contributed by atoms with E-state index in [1.807, 2.05) is 0 Å². The van der Waals surface area contributed by atoms with Crippen LogP contribution in [0.2, 0.25) is 0 Å². The lowest BCUT2D eigenvalue weighted by Gasteiger charge is -2.21. The second-order valence-electron chi connectivity index (χ2n) is 2.91. The topological polar surface area (TPSA) is 0 Å². The lowest BCUT2D eigenvalue weighted by atomic mass is 10.1. The average Bonchev–Trinajstić information content (AvgIpc) is 2.03. The molecule has 0 bridgehead atoms. The molecule has 80 valence electrons. The van der Waals surface area contributed by atoms with Gasteiger partial charge in [0.2, 0.25) is 0 Å². The van der Waals surface area contributed by atoms with Crippen molar-refractivity contribution in [2.45, 2.75) is 39.1 Å². The molecule has 0 aliphatic rings. The maximum Gasteiger partial charge on any atom is 0.103 e. The fourth-order valence-electron chi connectivity index (χ4n) is 0.918. The van der Waals surface area contributed by atoms with E-state index in [1.54, 1.807) is 0 Å². The highest BCUT2D eigenvalue weighted by atomic mass is 79.9. The largest absolute Gasteiger partial charge is 0.103 e. The number of rotatable bonds is 7. The summed E-state index contributed by atoms with van der Waals surface area (Å²) in [4.78, 5) is 0. The minimum absolute atomic E-state index is 0.00555. The van der Waals surface area contributed by atoms with Crippen molar-refractivity contribution in [1.29, 1.82) is 0 Å². The molecule has 0 saturated heterocycles. The van der Waals surface area contributed by atoms with Crippen molar-refractivity contribution in [1.82, 2.24) is 0 Å². The molecule has 0 aromatic heterocycles. The summed E-state index contributed by atoms with van der Waals surface area (Å²) in [6.45, 7) is 0. The second-order valence-corrected chi connectivity index (χ2v) is 10.7. The van der Waals surface area contributed by atoms with E-state index in [4.69, 9.17) is 0 Å². The third-order valence-corrected chi connectivity index (χ3v) is 8.00. The Hall–Kier alpha value is 2.40. The predicted octanol–water partition coefficient (Wildman–Crippen LogP) is 5.93. The highest BCUT2D eigenvalue weighted by molar-refractivity contribution is 9.30. The van der Waals surface area contributed by atoms with Crippen molar-refractivity contribution in [3.8, 4) is 0 Å². The second kappa shape index (κ2) is 8.54. The summed E-state index contributed by atoms with van der Waals surface area (Å²) in [5, 5.41) is 1.13. The van der Waals surface area contributed by atoms with Crippen LogP contribution in [0.25, 0.3) is 0 Å². The van der Waals surface area contributed by atoms with Crippen molar-refractivity contribution in [2.24, 2.45) is 0 Å². The average molecular weight is 509 g/mol. The van der Waals surface area contributed by atoms with E-state index in [1.165, 1.54) is 25.7 Å². The van der Waals surface area contributed by atoms with Gasteiger partial charge in [0.1, 0.15) is 3.23 Å². The third-order valence-electron chi connectivity index (χ3n) is 1.71. The zero-order valence-electron chi connectivity index (χ0n) is 7.21. The highest BCUT2D eigenvalue weighted by Crippen LogP contribution is 2.42. The van der Waals surface area contributed by atoms with Crippen molar-refractivity contribution in [2.75, 3.05) is 5.33 Å². The van der Waals surface area contributed by atoms with Crippen molar-refractivity contribution >= 4 is 79.6 Å². The maximum absolute atomic E-state index is 3.63. The van der Waals surface area contributed by atoms with Gasteiger partial charge in [-0.05, 0) is 12.8 Å². The van der Waals surface area contributed by atoms with Crippen molar-refractivity contribution in [3.05, 3.63) is 0 Å². The molecule has 0 unspecified atom stereocenters. The van der Waals surface area contributed by atoms with Crippen LogP contribution < -0.4 is 0 Å². The van der Waals surface area contributed by atoms with Crippen LogP contribution in [0.5, 0.6) is 0 Å². The monoisotopic (exact) mass is 504 g/mol. The summed E-state index contributed by atoms with van der Waals surface area (Å²) in [5.41, 5.74) is 0. The first-order chi connectivity index (χ1) is 6.00. The van der Waals surface area contributed by atoms with Gasteiger partial charge in [0.15, 0.2) is 0 Å². The molecule has 0 rings (SSSR count). The smallest absolute Gasteiger partial charge is 0.0928 e. The van der Waals surface area contributed by atoms with Crippen LogP contribution >= 0.6 is 79.6 Å². The van der Waals surface area contributed by atoms with E-state index < -0.39 is 0 Å². The molecule has 0 amide bonds. The van der Waals surface area contributed by atoms with Gasteiger partial charge < -0.3 is 0 Å². The van der Waals surface area contributed by atoms with Gasteiger partial charge in [-0.25, -0.2) is 0 Å². The number of alkyl halides is 5. The molecule has 0 nitrogen and oxygen atoms in total. The van der Waals surface area contributed by atoms with Crippen LogP contribution in [0, 0.1) is 0 Å². The van der Waals surface area contributed by atoms with E-state index in [0.717, 1.165) is 11.8 Å². The Labute approximate surface area is 123 Å². The molecule has 0 fully saturated rings. The molecule has 0 aliphatic heterocycles. The van der Waals surface area contributed by atoms with Gasteiger partial charge in [-0.15, -0.1) is 0 Å². The standard InChI is InChI=1S/C8H13Br5/c9-6-4-2-1-3-5-8(12,13)7(10)11/h7H,1-6H2. The zero-order valence-corrected chi connectivity index (χ0v) is 15.1. The Kier molecular flexibility index (Phi) is 10.1. The molecule has 0 spiro atoms. The molecule has 5 heteroatoms. The van der Waals surface area contributed by atoms with E-state index in [2.05, 4.69) is 79.6 Å². The summed E-state index contributed by atoms with van der Waals surface area (Å²) in [5.74, 6) is 0. The number of hydrogen-bond acceptors (Lipinski definition) is 0. The van der Waals surface area contributed by atoms with Gasteiger partial charge >= 0.3 is 0 Å². The molecule has 0 aliphatic carbocycles. The fourth-order valence-corrected chi connectivity index (χ4v) is 2.33. The van der Waals surface area contributed by atoms with Gasteiger partial charge in [0.05, 0.1) is 3.74 Å². The highest BCUT2D eigenvalue weighted by Gasteiger charge is 2.28. The first-order valence-corrected chi connectivity index (χ1v) is 8.76. The minimum atomic E-state index is -0.00555. The van der Waals surface area contributed by atoms with E-state index in [9.17, 15) is 0 Å². The van der Waals surface area contributed by atoms with Crippen LogP contribution in [0.3, 0.4) is 0 Å². The minimum Gasteiger partial charge on any atom is -0.0928 e. The summed E-state index contributed by atoms with van der Waals surface area (Å²) in [6, 6.07) is 0. The van der Waals surface area contributed by atoms with Gasteiger partial charge in [-0.2, -0.15) is 0 Å². The van der Waals surface area contributed by atoms with Crippen LogP contribution in [-0.2, 0) is 0 Å². The number of hydrogen-bond donors (Lipinski definition) is 0. The quantitative estimate of drug-likeness (QED) is 0.295. The molecule has 0 aromatic carbocycles. The Morgan fingerprint density at radius 2 is 1.46 bits per heavy atom.